The van der Waals surface area contributed by atoms with Crippen molar-refractivity contribution in [2.24, 2.45) is 0 Å². The molecule has 0 rings (SSSR count). The first-order chi connectivity index (χ1) is 16.6. The standard InChI is InChI=1S/C17H38N.C12H26O4S.ClH.Na/c1-5-6-7-8-9-10-11-12-13-14-15-16-17-18(2,3)4;1-2-3-4-5-6-7-8-9-10-11-12-16-17(13,14)15;;/h5-17H2,1-4H3;2-12H2,1H3,(H,13,14,15);1H;/q+1;;;+1/p-2. The van der Waals surface area contributed by atoms with Gasteiger partial charge in [0.1, 0.15) is 0 Å². The number of hydrogen-bond acceptors (Lipinski definition) is 4. The minimum atomic E-state index is -4.48. The van der Waals surface area contributed by atoms with Gasteiger partial charge in [-0.15, -0.1) is 0 Å². The van der Waals surface area contributed by atoms with Crippen molar-refractivity contribution in [1.82, 2.24) is 0 Å². The number of unbranched alkanes of at least 4 members (excludes halogenated alkanes) is 20. The van der Waals surface area contributed by atoms with E-state index in [1.807, 2.05) is 0 Å². The van der Waals surface area contributed by atoms with Crippen molar-refractivity contribution in [3.05, 3.63) is 0 Å². The molecule has 0 aromatic rings. The van der Waals surface area contributed by atoms with Crippen LogP contribution in [0.25, 0.3) is 0 Å². The predicted molar refractivity (Wildman–Crippen MR) is 151 cm³/mol. The van der Waals surface area contributed by atoms with Gasteiger partial charge in [-0.05, 0) is 19.3 Å². The summed E-state index contributed by atoms with van der Waals surface area (Å²) >= 11 is 0. The van der Waals surface area contributed by atoms with Gasteiger partial charge in [-0.25, -0.2) is 8.42 Å². The maximum Gasteiger partial charge on any atom is 1.00 e. The van der Waals surface area contributed by atoms with Crippen molar-refractivity contribution in [3.63, 3.8) is 0 Å². The van der Waals surface area contributed by atoms with Crippen LogP contribution in [0.15, 0.2) is 0 Å². The first kappa shape index (κ1) is 45.1. The third-order valence-corrected chi connectivity index (χ3v) is 6.86. The molecule has 0 N–H and O–H groups in total. The summed E-state index contributed by atoms with van der Waals surface area (Å²) < 4.78 is 35.6. The zero-order valence-corrected chi connectivity index (χ0v) is 29.4. The van der Waals surface area contributed by atoms with Crippen LogP contribution in [0, 0.1) is 0 Å². The van der Waals surface area contributed by atoms with Gasteiger partial charge in [0.2, 0.25) is 10.4 Å². The minimum Gasteiger partial charge on any atom is -1.00 e. The van der Waals surface area contributed by atoms with Crippen LogP contribution in [-0.4, -0.2) is 51.7 Å². The van der Waals surface area contributed by atoms with Crippen molar-refractivity contribution in [2.75, 3.05) is 34.3 Å². The van der Waals surface area contributed by atoms with E-state index in [1.54, 1.807) is 0 Å². The van der Waals surface area contributed by atoms with Crippen molar-refractivity contribution in [1.29, 1.82) is 0 Å². The van der Waals surface area contributed by atoms with Crippen LogP contribution < -0.4 is 42.0 Å². The molecule has 37 heavy (non-hydrogen) atoms. The maximum absolute atomic E-state index is 10.1. The number of hydrogen-bond donors (Lipinski definition) is 0. The van der Waals surface area contributed by atoms with Crippen LogP contribution >= 0.6 is 0 Å². The Morgan fingerprint density at radius 2 is 0.811 bits per heavy atom. The second-order valence-corrected chi connectivity index (χ2v) is 12.4. The summed E-state index contributed by atoms with van der Waals surface area (Å²) in [5.41, 5.74) is 0. The molecule has 0 saturated carbocycles. The van der Waals surface area contributed by atoms with E-state index < -0.39 is 10.4 Å². The monoisotopic (exact) mass is 579 g/mol. The Morgan fingerprint density at radius 3 is 1.08 bits per heavy atom. The first-order valence-electron chi connectivity index (χ1n) is 15.0. The third-order valence-electron chi connectivity index (χ3n) is 6.41. The third kappa shape index (κ3) is 50.5. The first-order valence-corrected chi connectivity index (χ1v) is 16.4. The summed E-state index contributed by atoms with van der Waals surface area (Å²) in [6.45, 7) is 5.86. The molecule has 8 heteroatoms. The predicted octanol–water partition coefficient (Wildman–Crippen LogP) is 2.79. The van der Waals surface area contributed by atoms with Crippen LogP contribution in [0.3, 0.4) is 0 Å². The van der Waals surface area contributed by atoms with Gasteiger partial charge < -0.3 is 21.4 Å². The van der Waals surface area contributed by atoms with Crippen LogP contribution in [0.4, 0.5) is 0 Å². The summed E-state index contributed by atoms with van der Waals surface area (Å²) in [7, 11) is 2.39. The zero-order valence-electron chi connectivity index (χ0n) is 25.8. The molecular weight excluding hydrogens is 517 g/mol. The number of rotatable bonds is 25. The van der Waals surface area contributed by atoms with Crippen molar-refractivity contribution < 1.29 is 63.6 Å². The fraction of sp³-hybridized carbons (Fsp3) is 1.00. The molecule has 0 spiro atoms. The number of quaternary nitrogens is 1. The van der Waals surface area contributed by atoms with E-state index in [4.69, 9.17) is 0 Å². The van der Waals surface area contributed by atoms with Crippen LogP contribution in [0.2, 0.25) is 0 Å². The van der Waals surface area contributed by atoms with E-state index in [9.17, 15) is 13.0 Å². The summed E-state index contributed by atoms with van der Waals surface area (Å²) in [4.78, 5) is 0. The Morgan fingerprint density at radius 1 is 0.541 bits per heavy atom. The summed E-state index contributed by atoms with van der Waals surface area (Å²) in [6.07, 6.45) is 29.1. The van der Waals surface area contributed by atoms with Gasteiger partial charge in [-0.2, -0.15) is 0 Å². The van der Waals surface area contributed by atoms with Gasteiger partial charge in [-0.1, -0.05) is 136 Å². The fourth-order valence-electron chi connectivity index (χ4n) is 4.18. The van der Waals surface area contributed by atoms with Crippen molar-refractivity contribution in [3.8, 4) is 0 Å². The van der Waals surface area contributed by atoms with E-state index in [1.165, 1.54) is 129 Å². The minimum absolute atomic E-state index is 0. The average molecular weight is 580 g/mol. The quantitative estimate of drug-likeness (QED) is 0.0548. The normalized spacial score (nSPS) is 11.3. The second-order valence-electron chi connectivity index (χ2n) is 11.3. The van der Waals surface area contributed by atoms with Crippen LogP contribution in [-0.2, 0) is 14.6 Å². The molecule has 0 atom stereocenters. The van der Waals surface area contributed by atoms with E-state index in [2.05, 4.69) is 39.2 Å². The van der Waals surface area contributed by atoms with Gasteiger partial charge in [0, 0.05) is 0 Å². The molecule has 0 aromatic heterocycles. The topological polar surface area (TPSA) is 66.4 Å². The molecule has 5 nitrogen and oxygen atoms in total. The van der Waals surface area contributed by atoms with Gasteiger partial charge in [0.25, 0.3) is 0 Å². The summed E-state index contributed by atoms with van der Waals surface area (Å²) in [5, 5.41) is 0. The van der Waals surface area contributed by atoms with Crippen LogP contribution in [0.1, 0.15) is 155 Å². The van der Waals surface area contributed by atoms with Crippen molar-refractivity contribution in [2.45, 2.75) is 155 Å². The molecule has 0 aliphatic heterocycles. The van der Waals surface area contributed by atoms with Crippen LogP contribution in [0.5, 0.6) is 0 Å². The SMILES string of the molecule is CCCCCCCCCCCCCC[N+](C)(C)C.CCCCCCCCCCCCOS(=O)(=O)[O-].[Cl-].[Na+]. The summed E-state index contributed by atoms with van der Waals surface area (Å²) in [5.74, 6) is 0. The molecule has 0 fully saturated rings. The molecular formula is C29H63ClNNaO4S. The Bertz CT molecular complexity index is 517. The van der Waals surface area contributed by atoms with E-state index in [-0.39, 0.29) is 48.6 Å². The van der Waals surface area contributed by atoms with Gasteiger partial charge in [0.15, 0.2) is 0 Å². The van der Waals surface area contributed by atoms with E-state index in [0.29, 0.717) is 6.42 Å². The Kier molecular flexibility index (Phi) is 40.6. The molecule has 0 bridgehead atoms. The zero-order chi connectivity index (χ0) is 26.7. The Labute approximate surface area is 261 Å². The van der Waals surface area contributed by atoms with Crippen molar-refractivity contribution >= 4 is 10.4 Å². The molecule has 0 radical (unpaired) electrons. The summed E-state index contributed by atoms with van der Waals surface area (Å²) in [6, 6.07) is 0. The van der Waals surface area contributed by atoms with Gasteiger partial charge in [-0.3, -0.25) is 4.18 Å². The fourth-order valence-corrected chi connectivity index (χ4v) is 4.50. The average Bonchev–Trinajstić information content (AvgIpc) is 2.77. The number of nitrogens with zero attached hydrogens (tertiary/aromatic N) is 1. The molecule has 0 aromatic carbocycles. The molecule has 0 aliphatic carbocycles. The molecule has 0 amide bonds. The molecule has 0 saturated heterocycles. The molecule has 0 aliphatic rings. The maximum atomic E-state index is 10.1. The molecule has 222 valence electrons. The van der Waals surface area contributed by atoms with E-state index in [0.717, 1.165) is 17.3 Å². The molecule has 0 heterocycles. The largest absolute Gasteiger partial charge is 1.00 e. The Balaban J connectivity index is -0.000000280. The Hall–Kier alpha value is 1.12. The molecule has 0 unspecified atom stereocenters. The van der Waals surface area contributed by atoms with E-state index >= 15 is 0 Å². The number of halogens is 1. The smallest absolute Gasteiger partial charge is 1.00 e. The van der Waals surface area contributed by atoms with Gasteiger partial charge in [0.05, 0.1) is 34.3 Å². The van der Waals surface area contributed by atoms with Gasteiger partial charge >= 0.3 is 29.6 Å². The second kappa shape index (κ2) is 33.3.